The van der Waals surface area contributed by atoms with E-state index in [1.807, 2.05) is 0 Å². The fraction of sp³-hybridized carbons (Fsp3) is 0.708. The second-order valence-corrected chi connectivity index (χ2v) is 9.24. The first-order valence-corrected chi connectivity index (χ1v) is 11.8. The molecule has 0 bridgehead atoms. The van der Waals surface area contributed by atoms with E-state index in [1.165, 1.54) is 16.9 Å². The lowest BCUT2D eigenvalue weighted by Gasteiger charge is -2.40. The largest absolute Gasteiger partial charge is 0.378 e. The van der Waals surface area contributed by atoms with E-state index in [2.05, 4.69) is 59.0 Å². The summed E-state index contributed by atoms with van der Waals surface area (Å²) in [6.07, 6.45) is 2.87. The Morgan fingerprint density at radius 2 is 1.67 bits per heavy atom. The molecule has 1 N–H and O–H groups in total. The highest BCUT2D eigenvalue weighted by molar-refractivity contribution is 5.85. The Bertz CT molecular complexity index is 735. The van der Waals surface area contributed by atoms with Gasteiger partial charge in [-0.15, -0.1) is 0 Å². The van der Waals surface area contributed by atoms with Gasteiger partial charge in [0.05, 0.1) is 30.0 Å². The molecule has 4 rings (SSSR count). The second kappa shape index (κ2) is 9.15. The van der Waals surface area contributed by atoms with Crippen LogP contribution in [-0.4, -0.2) is 75.9 Å². The number of nitrogens with zero attached hydrogens (tertiary/aromatic N) is 3. The Hall–Kier alpha value is -1.79. The first-order valence-electron chi connectivity index (χ1n) is 11.8. The van der Waals surface area contributed by atoms with Crippen molar-refractivity contribution in [1.82, 2.24) is 10.2 Å². The van der Waals surface area contributed by atoms with E-state index in [0.717, 1.165) is 78.3 Å². The lowest BCUT2D eigenvalue weighted by Crippen LogP contribution is -2.50. The maximum atomic E-state index is 12.5. The Morgan fingerprint density at radius 3 is 2.30 bits per heavy atom. The summed E-state index contributed by atoms with van der Waals surface area (Å²) in [5.74, 6) is 0.269. The van der Waals surface area contributed by atoms with Crippen molar-refractivity contribution < 1.29 is 9.53 Å². The van der Waals surface area contributed by atoms with E-state index in [9.17, 15) is 4.79 Å². The highest BCUT2D eigenvalue weighted by Crippen LogP contribution is 2.37. The van der Waals surface area contributed by atoms with Gasteiger partial charge in [0.2, 0.25) is 5.91 Å². The molecule has 3 fully saturated rings. The van der Waals surface area contributed by atoms with Crippen LogP contribution in [0.1, 0.15) is 38.7 Å². The fourth-order valence-corrected chi connectivity index (χ4v) is 5.37. The molecule has 1 aromatic rings. The predicted octanol–water partition coefficient (Wildman–Crippen LogP) is 2.65. The quantitative estimate of drug-likeness (QED) is 0.776. The second-order valence-electron chi connectivity index (χ2n) is 9.24. The van der Waals surface area contributed by atoms with Gasteiger partial charge in [0.15, 0.2) is 0 Å². The van der Waals surface area contributed by atoms with E-state index in [-0.39, 0.29) is 11.3 Å². The molecule has 1 amide bonds. The van der Waals surface area contributed by atoms with Crippen LogP contribution in [0.4, 0.5) is 11.4 Å². The standard InChI is InChI=1S/C24H38N4O2/c1-4-24(5-2)17-20(25-23(24)29)18-26-8-10-27(11-9-26)21-7-6-19(3)16-22(21)28-12-14-30-15-13-28/h6-7,16,20H,4-5,8-15,17-18H2,1-3H3,(H,25,29). The number of piperazine rings is 1. The molecular weight excluding hydrogens is 376 g/mol. The van der Waals surface area contributed by atoms with E-state index in [4.69, 9.17) is 4.74 Å². The number of rotatable bonds is 6. The van der Waals surface area contributed by atoms with Crippen molar-refractivity contribution in [2.45, 2.75) is 46.1 Å². The van der Waals surface area contributed by atoms with E-state index < -0.39 is 0 Å². The number of amides is 1. The summed E-state index contributed by atoms with van der Waals surface area (Å²) in [6, 6.07) is 7.15. The SMILES string of the molecule is CCC1(CC)CC(CN2CCN(c3ccc(C)cc3N3CCOCC3)CC2)NC1=O. The number of carbonyl (C=O) groups excluding carboxylic acids is 1. The summed E-state index contributed by atoms with van der Waals surface area (Å²) in [7, 11) is 0. The first kappa shape index (κ1) is 21.4. The van der Waals surface area contributed by atoms with Crippen LogP contribution >= 0.6 is 0 Å². The van der Waals surface area contributed by atoms with Crippen molar-refractivity contribution in [1.29, 1.82) is 0 Å². The summed E-state index contributed by atoms with van der Waals surface area (Å²) >= 11 is 0. The molecule has 1 aromatic carbocycles. The number of nitrogens with one attached hydrogen (secondary N) is 1. The van der Waals surface area contributed by atoms with Crippen LogP contribution in [0.15, 0.2) is 18.2 Å². The van der Waals surface area contributed by atoms with Crippen LogP contribution in [0, 0.1) is 12.3 Å². The zero-order valence-corrected chi connectivity index (χ0v) is 19.0. The number of carbonyl (C=O) groups is 1. The minimum absolute atomic E-state index is 0.137. The van der Waals surface area contributed by atoms with Gasteiger partial charge in [-0.05, 0) is 43.9 Å². The molecule has 166 valence electrons. The maximum Gasteiger partial charge on any atom is 0.226 e. The number of hydrogen-bond acceptors (Lipinski definition) is 5. The summed E-state index contributed by atoms with van der Waals surface area (Å²) in [6.45, 7) is 15.2. The number of ether oxygens (including phenoxy) is 1. The van der Waals surface area contributed by atoms with E-state index in [0.29, 0.717) is 6.04 Å². The summed E-state index contributed by atoms with van der Waals surface area (Å²) in [5, 5.41) is 3.28. The van der Waals surface area contributed by atoms with Gasteiger partial charge >= 0.3 is 0 Å². The molecule has 3 saturated heterocycles. The average molecular weight is 415 g/mol. The van der Waals surface area contributed by atoms with Crippen LogP contribution in [0.2, 0.25) is 0 Å². The minimum Gasteiger partial charge on any atom is -0.378 e. The average Bonchev–Trinajstić information content (AvgIpc) is 3.10. The van der Waals surface area contributed by atoms with Gasteiger partial charge in [-0.3, -0.25) is 9.69 Å². The van der Waals surface area contributed by atoms with Crippen LogP contribution in [0.25, 0.3) is 0 Å². The van der Waals surface area contributed by atoms with Crippen LogP contribution in [-0.2, 0) is 9.53 Å². The van der Waals surface area contributed by atoms with Crippen molar-refractivity contribution in [3.8, 4) is 0 Å². The molecule has 6 nitrogen and oxygen atoms in total. The molecule has 0 radical (unpaired) electrons. The van der Waals surface area contributed by atoms with Crippen molar-refractivity contribution in [3.63, 3.8) is 0 Å². The Balaban J connectivity index is 1.37. The molecule has 1 unspecified atom stereocenters. The van der Waals surface area contributed by atoms with Crippen LogP contribution < -0.4 is 15.1 Å². The third kappa shape index (κ3) is 4.30. The molecule has 0 aliphatic carbocycles. The van der Waals surface area contributed by atoms with Crippen molar-refractivity contribution in [3.05, 3.63) is 23.8 Å². The van der Waals surface area contributed by atoms with Crippen LogP contribution in [0.5, 0.6) is 0 Å². The normalized spacial score (nSPS) is 24.9. The lowest BCUT2D eigenvalue weighted by atomic mass is 9.79. The van der Waals surface area contributed by atoms with Gasteiger partial charge in [-0.1, -0.05) is 19.9 Å². The first-order chi connectivity index (χ1) is 14.5. The number of morpholine rings is 1. The molecule has 0 aromatic heterocycles. The lowest BCUT2D eigenvalue weighted by molar-refractivity contribution is -0.128. The molecular formula is C24H38N4O2. The number of anilines is 2. The van der Waals surface area contributed by atoms with Crippen molar-refractivity contribution >= 4 is 17.3 Å². The number of hydrogen-bond donors (Lipinski definition) is 1. The number of aryl methyl sites for hydroxylation is 1. The van der Waals surface area contributed by atoms with Gasteiger partial charge in [0.25, 0.3) is 0 Å². The van der Waals surface area contributed by atoms with Gasteiger partial charge in [0, 0.05) is 51.9 Å². The Labute approximate surface area is 181 Å². The fourth-order valence-electron chi connectivity index (χ4n) is 5.37. The molecule has 30 heavy (non-hydrogen) atoms. The third-order valence-electron chi connectivity index (χ3n) is 7.48. The Kier molecular flexibility index (Phi) is 6.54. The summed E-state index contributed by atoms with van der Waals surface area (Å²) < 4.78 is 5.56. The Morgan fingerprint density at radius 1 is 1.00 bits per heavy atom. The maximum absolute atomic E-state index is 12.5. The zero-order chi connectivity index (χ0) is 21.1. The number of benzene rings is 1. The molecule has 3 heterocycles. The molecule has 1 atom stereocenters. The highest BCUT2D eigenvalue weighted by atomic mass is 16.5. The topological polar surface area (TPSA) is 48.1 Å². The molecule has 3 aliphatic rings. The van der Waals surface area contributed by atoms with Gasteiger partial charge in [-0.2, -0.15) is 0 Å². The van der Waals surface area contributed by atoms with Gasteiger partial charge < -0.3 is 19.9 Å². The highest BCUT2D eigenvalue weighted by Gasteiger charge is 2.44. The molecule has 3 aliphatic heterocycles. The van der Waals surface area contributed by atoms with Crippen molar-refractivity contribution in [2.75, 3.05) is 68.8 Å². The molecule has 6 heteroatoms. The third-order valence-corrected chi connectivity index (χ3v) is 7.48. The smallest absolute Gasteiger partial charge is 0.226 e. The van der Waals surface area contributed by atoms with E-state index in [1.54, 1.807) is 0 Å². The summed E-state index contributed by atoms with van der Waals surface area (Å²) in [5.41, 5.74) is 3.88. The van der Waals surface area contributed by atoms with Crippen molar-refractivity contribution in [2.24, 2.45) is 5.41 Å². The molecule has 0 spiro atoms. The zero-order valence-electron chi connectivity index (χ0n) is 19.0. The van der Waals surface area contributed by atoms with Gasteiger partial charge in [-0.25, -0.2) is 0 Å². The monoisotopic (exact) mass is 414 g/mol. The predicted molar refractivity (Wildman–Crippen MR) is 122 cm³/mol. The van der Waals surface area contributed by atoms with Crippen LogP contribution in [0.3, 0.4) is 0 Å². The summed E-state index contributed by atoms with van der Waals surface area (Å²) in [4.78, 5) is 20.1. The van der Waals surface area contributed by atoms with Gasteiger partial charge in [0.1, 0.15) is 0 Å². The van der Waals surface area contributed by atoms with E-state index >= 15 is 0 Å². The minimum atomic E-state index is -0.137. The molecule has 0 saturated carbocycles.